The Kier molecular flexibility index (Phi) is 4.50. The van der Waals surface area contributed by atoms with Gasteiger partial charge in [-0.2, -0.15) is 0 Å². The van der Waals surface area contributed by atoms with E-state index in [0.29, 0.717) is 18.4 Å². The molecular weight excluding hydrogens is 266 g/mol. The van der Waals surface area contributed by atoms with Gasteiger partial charge < -0.3 is 9.15 Å². The maximum Gasteiger partial charge on any atom is 0.253 e. The van der Waals surface area contributed by atoms with Crippen molar-refractivity contribution < 1.29 is 9.15 Å². The fraction of sp³-hybridized carbons (Fsp3) is 0.500. The summed E-state index contributed by atoms with van der Waals surface area (Å²) in [6.45, 7) is 5.57. The number of hydrogen-bond acceptors (Lipinski definition) is 5. The minimum Gasteiger partial charge on any atom is -0.484 e. The number of likely N-dealkylation sites (tertiary alicyclic amines) is 1. The van der Waals surface area contributed by atoms with Crippen molar-refractivity contribution in [2.45, 2.75) is 32.9 Å². The highest BCUT2D eigenvalue weighted by atomic mass is 16.5. The average Bonchev–Trinajstić information content (AvgIpc) is 2.94. The van der Waals surface area contributed by atoms with E-state index in [1.807, 2.05) is 30.3 Å². The van der Waals surface area contributed by atoms with Crippen LogP contribution in [0.3, 0.4) is 0 Å². The van der Waals surface area contributed by atoms with Crippen molar-refractivity contribution in [3.8, 4) is 5.75 Å². The quantitative estimate of drug-likeness (QED) is 0.846. The Hall–Kier alpha value is -1.88. The monoisotopic (exact) mass is 287 g/mol. The van der Waals surface area contributed by atoms with Crippen LogP contribution in [-0.2, 0) is 13.2 Å². The molecule has 3 rings (SSSR count). The predicted molar refractivity (Wildman–Crippen MR) is 78.7 cm³/mol. The summed E-state index contributed by atoms with van der Waals surface area (Å²) >= 11 is 0. The fourth-order valence-electron chi connectivity index (χ4n) is 2.69. The summed E-state index contributed by atoms with van der Waals surface area (Å²) < 4.78 is 11.3. The minimum atomic E-state index is 0.313. The van der Waals surface area contributed by atoms with Crippen LogP contribution < -0.4 is 4.74 Å². The molecule has 1 aliphatic heterocycles. The summed E-state index contributed by atoms with van der Waals surface area (Å²) in [6, 6.07) is 9.65. The summed E-state index contributed by atoms with van der Waals surface area (Å²) in [4.78, 5) is 2.38. The van der Waals surface area contributed by atoms with E-state index in [0.717, 1.165) is 31.3 Å². The van der Waals surface area contributed by atoms with Crippen molar-refractivity contribution >= 4 is 0 Å². The number of rotatable bonds is 5. The van der Waals surface area contributed by atoms with Crippen LogP contribution in [-0.4, -0.2) is 28.2 Å². The molecule has 1 unspecified atom stereocenters. The Labute approximate surface area is 124 Å². The fourth-order valence-corrected chi connectivity index (χ4v) is 2.69. The lowest BCUT2D eigenvalue weighted by atomic mass is 10.0. The van der Waals surface area contributed by atoms with Gasteiger partial charge in [-0.3, -0.25) is 4.90 Å². The number of para-hydroxylation sites is 1. The second-order valence-corrected chi connectivity index (χ2v) is 5.67. The topological polar surface area (TPSA) is 51.4 Å². The van der Waals surface area contributed by atoms with Crippen LogP contribution in [0.2, 0.25) is 0 Å². The number of nitrogens with zero attached hydrogens (tertiary/aromatic N) is 3. The lowest BCUT2D eigenvalue weighted by molar-refractivity contribution is 0.159. The minimum absolute atomic E-state index is 0.313. The Morgan fingerprint density at radius 1 is 1.24 bits per heavy atom. The van der Waals surface area contributed by atoms with Gasteiger partial charge >= 0.3 is 0 Å². The molecule has 21 heavy (non-hydrogen) atoms. The summed E-state index contributed by atoms with van der Waals surface area (Å²) in [5.74, 6) is 2.76. The molecule has 0 spiro atoms. The molecule has 0 N–H and O–H groups in total. The first-order valence-corrected chi connectivity index (χ1v) is 7.51. The first-order valence-electron chi connectivity index (χ1n) is 7.51. The maximum absolute atomic E-state index is 5.65. The summed E-state index contributed by atoms with van der Waals surface area (Å²) in [5, 5.41) is 8.16. The molecule has 0 saturated carbocycles. The van der Waals surface area contributed by atoms with Crippen molar-refractivity contribution in [3.63, 3.8) is 0 Å². The molecule has 0 bridgehead atoms. The number of benzene rings is 1. The first-order chi connectivity index (χ1) is 10.3. The number of piperidine rings is 1. The molecule has 112 valence electrons. The Morgan fingerprint density at radius 2 is 2.05 bits per heavy atom. The van der Waals surface area contributed by atoms with Crippen molar-refractivity contribution in [2.75, 3.05) is 13.1 Å². The zero-order chi connectivity index (χ0) is 14.5. The van der Waals surface area contributed by atoms with E-state index in [-0.39, 0.29) is 0 Å². The standard InChI is InChI=1S/C16H21N3O2/c1-13-6-5-9-19(10-13)11-15-17-18-16(21-15)12-20-14-7-3-2-4-8-14/h2-4,7-8,13H,5-6,9-12H2,1H3. The second kappa shape index (κ2) is 6.72. The molecule has 5 nitrogen and oxygen atoms in total. The molecule has 0 aliphatic carbocycles. The Bertz CT molecular complexity index is 556. The van der Waals surface area contributed by atoms with E-state index >= 15 is 0 Å². The van der Waals surface area contributed by atoms with Gasteiger partial charge in [0.1, 0.15) is 5.75 Å². The van der Waals surface area contributed by atoms with Gasteiger partial charge in [-0.25, -0.2) is 0 Å². The third kappa shape index (κ3) is 4.04. The molecule has 5 heteroatoms. The second-order valence-electron chi connectivity index (χ2n) is 5.67. The van der Waals surface area contributed by atoms with E-state index in [2.05, 4.69) is 22.0 Å². The zero-order valence-electron chi connectivity index (χ0n) is 12.4. The molecule has 1 fully saturated rings. The molecule has 0 amide bonds. The zero-order valence-corrected chi connectivity index (χ0v) is 12.4. The predicted octanol–water partition coefficient (Wildman–Crippen LogP) is 2.88. The van der Waals surface area contributed by atoms with E-state index in [1.165, 1.54) is 12.8 Å². The van der Waals surface area contributed by atoms with Gasteiger partial charge in [0.05, 0.1) is 6.54 Å². The number of ether oxygens (including phenoxy) is 1. The van der Waals surface area contributed by atoms with E-state index < -0.39 is 0 Å². The van der Waals surface area contributed by atoms with Gasteiger partial charge in [0.2, 0.25) is 5.89 Å². The molecule has 1 aromatic heterocycles. The van der Waals surface area contributed by atoms with Crippen LogP contribution in [0.4, 0.5) is 0 Å². The number of aromatic nitrogens is 2. The van der Waals surface area contributed by atoms with Crippen molar-refractivity contribution in [2.24, 2.45) is 5.92 Å². The van der Waals surface area contributed by atoms with Crippen molar-refractivity contribution in [1.29, 1.82) is 0 Å². The average molecular weight is 287 g/mol. The Morgan fingerprint density at radius 3 is 2.86 bits per heavy atom. The summed E-state index contributed by atoms with van der Waals surface area (Å²) in [7, 11) is 0. The van der Waals surface area contributed by atoms with Crippen LogP contribution in [0.15, 0.2) is 34.7 Å². The molecular formula is C16H21N3O2. The molecule has 0 radical (unpaired) electrons. The smallest absolute Gasteiger partial charge is 0.253 e. The first kappa shape index (κ1) is 14.1. The molecule has 1 saturated heterocycles. The lowest BCUT2D eigenvalue weighted by Crippen LogP contribution is -2.33. The van der Waals surface area contributed by atoms with E-state index in [4.69, 9.17) is 9.15 Å². The molecule has 1 atom stereocenters. The highest BCUT2D eigenvalue weighted by Gasteiger charge is 2.18. The van der Waals surface area contributed by atoms with Crippen molar-refractivity contribution in [1.82, 2.24) is 15.1 Å². The van der Waals surface area contributed by atoms with E-state index in [9.17, 15) is 0 Å². The summed E-state index contributed by atoms with van der Waals surface area (Å²) in [5.41, 5.74) is 0. The van der Waals surface area contributed by atoms with Crippen LogP contribution in [0.1, 0.15) is 31.5 Å². The maximum atomic E-state index is 5.65. The molecule has 1 aromatic carbocycles. The van der Waals surface area contributed by atoms with Crippen LogP contribution in [0.5, 0.6) is 5.75 Å². The van der Waals surface area contributed by atoms with Gasteiger partial charge in [-0.15, -0.1) is 10.2 Å². The van der Waals surface area contributed by atoms with Crippen LogP contribution in [0.25, 0.3) is 0 Å². The molecule has 1 aliphatic rings. The van der Waals surface area contributed by atoms with Gasteiger partial charge in [0.15, 0.2) is 6.61 Å². The Balaban J connectivity index is 1.51. The van der Waals surface area contributed by atoms with Gasteiger partial charge in [0.25, 0.3) is 5.89 Å². The summed E-state index contributed by atoms with van der Waals surface area (Å²) in [6.07, 6.45) is 2.57. The normalized spacial score (nSPS) is 19.6. The third-order valence-electron chi connectivity index (χ3n) is 3.71. The number of hydrogen-bond donors (Lipinski definition) is 0. The van der Waals surface area contributed by atoms with Crippen LogP contribution >= 0.6 is 0 Å². The SMILES string of the molecule is CC1CCCN(Cc2nnc(COc3ccccc3)o2)C1. The van der Waals surface area contributed by atoms with Gasteiger partial charge in [-0.1, -0.05) is 25.1 Å². The molecule has 2 aromatic rings. The third-order valence-corrected chi connectivity index (χ3v) is 3.71. The highest BCUT2D eigenvalue weighted by molar-refractivity contribution is 5.20. The van der Waals surface area contributed by atoms with Crippen LogP contribution in [0, 0.1) is 5.92 Å². The van der Waals surface area contributed by atoms with Crippen molar-refractivity contribution in [3.05, 3.63) is 42.1 Å². The van der Waals surface area contributed by atoms with Gasteiger partial charge in [0, 0.05) is 6.54 Å². The highest BCUT2D eigenvalue weighted by Crippen LogP contribution is 2.17. The molecule has 2 heterocycles. The largest absolute Gasteiger partial charge is 0.484 e. The lowest BCUT2D eigenvalue weighted by Gasteiger charge is -2.29. The van der Waals surface area contributed by atoms with Gasteiger partial charge in [-0.05, 0) is 37.4 Å². The van der Waals surface area contributed by atoms with E-state index in [1.54, 1.807) is 0 Å².